The first-order valence-corrected chi connectivity index (χ1v) is 31.5. The van der Waals surface area contributed by atoms with Gasteiger partial charge in [-0.15, -0.1) is 0 Å². The third kappa shape index (κ3) is 58.2. The Morgan fingerprint density at radius 3 is 1.16 bits per heavy atom. The minimum atomic E-state index is -4.39. The number of unbranched alkanes of at least 4 members (excludes halogenated alkanes) is 24. The van der Waals surface area contributed by atoms with Gasteiger partial charge in [-0.05, 0) is 96.3 Å². The van der Waals surface area contributed by atoms with Gasteiger partial charge < -0.3 is 18.9 Å². The van der Waals surface area contributed by atoms with E-state index in [1.807, 2.05) is 21.1 Å². The number of quaternary nitrogens is 1. The number of ether oxygens (including phenoxy) is 2. The van der Waals surface area contributed by atoms with E-state index in [-0.39, 0.29) is 32.0 Å². The molecule has 0 fully saturated rings. The van der Waals surface area contributed by atoms with E-state index in [1.54, 1.807) is 0 Å². The van der Waals surface area contributed by atoms with Gasteiger partial charge in [0.2, 0.25) is 0 Å². The first-order chi connectivity index (χ1) is 36.0. The number of phosphoric acid groups is 1. The molecule has 0 aliphatic heterocycles. The van der Waals surface area contributed by atoms with Crippen LogP contribution in [-0.4, -0.2) is 74.9 Å². The van der Waals surface area contributed by atoms with Crippen molar-refractivity contribution in [2.24, 2.45) is 0 Å². The molecular weight excluding hydrogens is 942 g/mol. The molecule has 0 saturated heterocycles. The van der Waals surface area contributed by atoms with Gasteiger partial charge in [0.15, 0.2) is 6.10 Å². The Kier molecular flexibility index (Phi) is 52.4. The van der Waals surface area contributed by atoms with Gasteiger partial charge in [-0.2, -0.15) is 0 Å². The van der Waals surface area contributed by atoms with Crippen LogP contribution in [0, 0.1) is 0 Å². The van der Waals surface area contributed by atoms with Crippen molar-refractivity contribution >= 4 is 19.8 Å². The first-order valence-electron chi connectivity index (χ1n) is 30.0. The highest BCUT2D eigenvalue weighted by Crippen LogP contribution is 2.43. The molecule has 0 heterocycles. The van der Waals surface area contributed by atoms with Gasteiger partial charge in [-0.3, -0.25) is 18.6 Å². The zero-order chi connectivity index (χ0) is 54.2. The van der Waals surface area contributed by atoms with Crippen LogP contribution in [0.3, 0.4) is 0 Å². The highest BCUT2D eigenvalue weighted by molar-refractivity contribution is 7.47. The van der Waals surface area contributed by atoms with Crippen molar-refractivity contribution in [3.63, 3.8) is 0 Å². The number of nitrogens with zero attached hydrogens (tertiary/aromatic N) is 1. The van der Waals surface area contributed by atoms with Crippen molar-refractivity contribution in [1.82, 2.24) is 0 Å². The predicted octanol–water partition coefficient (Wildman–Crippen LogP) is 18.8. The van der Waals surface area contributed by atoms with E-state index in [9.17, 15) is 19.0 Å². The number of esters is 2. The van der Waals surface area contributed by atoms with Crippen molar-refractivity contribution < 1.29 is 42.1 Å². The van der Waals surface area contributed by atoms with E-state index < -0.39 is 26.5 Å². The molecule has 0 amide bonds. The Bertz CT molecular complexity index is 1570. The number of carbonyl (C=O) groups is 2. The zero-order valence-electron chi connectivity index (χ0n) is 48.3. The van der Waals surface area contributed by atoms with E-state index >= 15 is 0 Å². The molecule has 0 aliphatic rings. The molecule has 0 aromatic heterocycles. The average molecular weight is 1060 g/mol. The second-order valence-corrected chi connectivity index (χ2v) is 22.5. The summed E-state index contributed by atoms with van der Waals surface area (Å²) in [6.45, 7) is 4.31. The molecule has 0 aromatic carbocycles. The van der Waals surface area contributed by atoms with E-state index in [1.165, 1.54) is 122 Å². The lowest BCUT2D eigenvalue weighted by atomic mass is 10.1. The van der Waals surface area contributed by atoms with Crippen molar-refractivity contribution in [1.29, 1.82) is 0 Å². The van der Waals surface area contributed by atoms with E-state index in [4.69, 9.17) is 18.5 Å². The topological polar surface area (TPSA) is 108 Å². The van der Waals surface area contributed by atoms with E-state index in [0.717, 1.165) is 89.9 Å². The highest BCUT2D eigenvalue weighted by Gasteiger charge is 2.27. The quantitative estimate of drug-likeness (QED) is 0.0211. The third-order valence-electron chi connectivity index (χ3n) is 12.6. The molecule has 74 heavy (non-hydrogen) atoms. The summed E-state index contributed by atoms with van der Waals surface area (Å²) < 4.78 is 34.6. The summed E-state index contributed by atoms with van der Waals surface area (Å²) in [5.41, 5.74) is 0. The summed E-state index contributed by atoms with van der Waals surface area (Å²) in [6.07, 6.45) is 74.7. The van der Waals surface area contributed by atoms with Crippen molar-refractivity contribution in [2.75, 3.05) is 47.5 Å². The molecule has 0 spiro atoms. The van der Waals surface area contributed by atoms with Crippen LogP contribution in [0.25, 0.3) is 0 Å². The number of rotatable bonds is 54. The van der Waals surface area contributed by atoms with Crippen molar-refractivity contribution in [3.8, 4) is 0 Å². The molecule has 1 N–H and O–H groups in total. The summed E-state index contributed by atoms with van der Waals surface area (Å²) in [7, 11) is 1.46. The standard InChI is InChI=1S/C64H112NO8P/c1-6-8-10-12-14-16-18-20-22-24-26-27-28-29-30-31-32-33-34-35-36-37-39-41-43-45-47-49-51-53-55-57-64(67)73-62(61-72-74(68,69)71-59-58-65(3,4)5)60-70-63(66)56-54-52-50-48-46-44-42-40-38-25-23-21-19-17-15-13-11-9-7-2/h8,10,14,16,20-23,26-27,29-30,32-33,35-36,62H,6-7,9,11-13,15,17-19,24-25,28,31,34,37-61H2,1-5H3/p+1/b10-8-,16-14-,22-20-,23-21-,27-26-,30-29-,33-32-,36-35-. The fourth-order valence-electron chi connectivity index (χ4n) is 7.99. The SMILES string of the molecule is CC/C=C\C/C=C\C/C=C\C/C=C\C/C=C\C/C=C\C/C=C\CCCCCCCCCCCC(=O)OC(COC(=O)CCCCCCCCCCC/C=C\CCCCCCCC)COP(=O)(O)OCC[N+](C)(C)C. The minimum absolute atomic E-state index is 0.0262. The largest absolute Gasteiger partial charge is 0.472 e. The maximum Gasteiger partial charge on any atom is 0.472 e. The number of carbonyl (C=O) groups excluding carboxylic acids is 2. The van der Waals surface area contributed by atoms with Crippen LogP contribution in [-0.2, 0) is 32.7 Å². The Balaban J connectivity index is 4.18. The van der Waals surface area contributed by atoms with Crippen molar-refractivity contribution in [3.05, 3.63) is 97.2 Å². The van der Waals surface area contributed by atoms with Crippen molar-refractivity contribution in [2.45, 2.75) is 251 Å². The molecule has 0 radical (unpaired) electrons. The van der Waals surface area contributed by atoms with Gasteiger partial charge in [-0.25, -0.2) is 4.57 Å². The van der Waals surface area contributed by atoms with E-state index in [2.05, 4.69) is 111 Å². The lowest BCUT2D eigenvalue weighted by Crippen LogP contribution is -2.37. The second-order valence-electron chi connectivity index (χ2n) is 21.0. The molecule has 0 saturated carbocycles. The maximum absolute atomic E-state index is 12.8. The Labute approximate surface area is 455 Å². The van der Waals surface area contributed by atoms with Gasteiger partial charge >= 0.3 is 19.8 Å². The highest BCUT2D eigenvalue weighted by atomic mass is 31.2. The molecule has 9 nitrogen and oxygen atoms in total. The fourth-order valence-corrected chi connectivity index (χ4v) is 8.73. The molecule has 426 valence electrons. The Morgan fingerprint density at radius 2 is 0.770 bits per heavy atom. The van der Waals surface area contributed by atoms with Gasteiger partial charge in [0.1, 0.15) is 19.8 Å². The summed E-state index contributed by atoms with van der Waals surface area (Å²) in [5, 5.41) is 0. The van der Waals surface area contributed by atoms with Gasteiger partial charge in [-0.1, -0.05) is 233 Å². The predicted molar refractivity (Wildman–Crippen MR) is 316 cm³/mol. The van der Waals surface area contributed by atoms with Gasteiger partial charge in [0.25, 0.3) is 0 Å². The van der Waals surface area contributed by atoms with E-state index in [0.29, 0.717) is 17.4 Å². The first kappa shape index (κ1) is 70.9. The number of phosphoric ester groups is 1. The Morgan fingerprint density at radius 1 is 0.432 bits per heavy atom. The summed E-state index contributed by atoms with van der Waals surface area (Å²) in [4.78, 5) is 35.7. The molecular formula is C64H113NO8P+. The van der Waals surface area contributed by atoms with Gasteiger partial charge in [0, 0.05) is 12.8 Å². The number of hydrogen-bond acceptors (Lipinski definition) is 7. The Hall–Kier alpha value is -3.07. The molecule has 2 unspecified atom stereocenters. The van der Waals surface area contributed by atoms with Crippen LogP contribution in [0.15, 0.2) is 97.2 Å². The molecule has 0 rings (SSSR count). The lowest BCUT2D eigenvalue weighted by Gasteiger charge is -2.24. The van der Waals surface area contributed by atoms with Gasteiger partial charge in [0.05, 0.1) is 27.7 Å². The smallest absolute Gasteiger partial charge is 0.462 e. The number of hydrogen-bond donors (Lipinski definition) is 1. The average Bonchev–Trinajstić information content (AvgIpc) is 3.36. The van der Waals surface area contributed by atoms with Crippen LogP contribution in [0.1, 0.15) is 245 Å². The maximum atomic E-state index is 12.8. The molecule has 0 bridgehead atoms. The third-order valence-corrected chi connectivity index (χ3v) is 13.6. The monoisotopic (exact) mass is 1050 g/mol. The second kappa shape index (κ2) is 54.7. The van der Waals surface area contributed by atoms with Crippen LogP contribution in [0.2, 0.25) is 0 Å². The van der Waals surface area contributed by atoms with Crippen LogP contribution < -0.4 is 0 Å². The summed E-state index contributed by atoms with van der Waals surface area (Å²) >= 11 is 0. The number of likely N-dealkylation sites (N-methyl/N-ethyl adjacent to an activating group) is 1. The van der Waals surface area contributed by atoms with Crippen LogP contribution in [0.4, 0.5) is 0 Å². The zero-order valence-corrected chi connectivity index (χ0v) is 49.2. The lowest BCUT2D eigenvalue weighted by molar-refractivity contribution is -0.870. The minimum Gasteiger partial charge on any atom is -0.462 e. The van der Waals surface area contributed by atoms with Crippen LogP contribution >= 0.6 is 7.82 Å². The molecule has 0 aliphatic carbocycles. The normalized spacial score (nSPS) is 14.0. The molecule has 2 atom stereocenters. The fraction of sp³-hybridized carbons (Fsp3) is 0.719. The molecule has 0 aromatic rings. The number of allylic oxidation sites excluding steroid dienone is 16. The molecule has 10 heteroatoms. The summed E-state index contributed by atoms with van der Waals surface area (Å²) in [6, 6.07) is 0. The summed E-state index contributed by atoms with van der Waals surface area (Å²) in [5.74, 6) is -0.807. The van der Waals surface area contributed by atoms with Crippen LogP contribution in [0.5, 0.6) is 0 Å².